The molecule has 0 saturated heterocycles. The van der Waals surface area contributed by atoms with Gasteiger partial charge in [0.2, 0.25) is 0 Å². The highest BCUT2D eigenvalue weighted by Crippen LogP contribution is 2.26. The molecule has 0 atom stereocenters. The maximum Gasteiger partial charge on any atom is 0.275 e. The Hall–Kier alpha value is -2.14. The molecule has 1 aromatic carbocycles. The van der Waals surface area contributed by atoms with Crippen LogP contribution in [0.25, 0.3) is 0 Å². The first-order valence-corrected chi connectivity index (χ1v) is 5.58. The Morgan fingerprint density at radius 3 is 2.83 bits per heavy atom. The van der Waals surface area contributed by atoms with Crippen molar-refractivity contribution >= 4 is 28.9 Å². The van der Waals surface area contributed by atoms with Gasteiger partial charge in [-0.25, -0.2) is 4.98 Å². The standard InChI is InChI=1S/C12H11ClN4O/c1-7-4-9(14)8(13)5-10(7)17-12(18)11-6-15-2-3-16-11/h2-6H,14H2,1H3,(H,17,18). The van der Waals surface area contributed by atoms with Crippen molar-refractivity contribution in [3.05, 3.63) is 47.0 Å². The Labute approximate surface area is 109 Å². The summed E-state index contributed by atoms with van der Waals surface area (Å²) in [4.78, 5) is 19.6. The predicted molar refractivity (Wildman–Crippen MR) is 70.6 cm³/mol. The second kappa shape index (κ2) is 5.01. The Bertz CT molecular complexity index is 586. The molecule has 0 aliphatic rings. The zero-order valence-electron chi connectivity index (χ0n) is 9.64. The second-order valence-corrected chi connectivity index (χ2v) is 4.14. The molecule has 0 bridgehead atoms. The summed E-state index contributed by atoms with van der Waals surface area (Å²) >= 11 is 5.91. The molecule has 5 nitrogen and oxygen atoms in total. The number of nitrogens with zero attached hydrogens (tertiary/aromatic N) is 2. The summed E-state index contributed by atoms with van der Waals surface area (Å²) < 4.78 is 0. The van der Waals surface area contributed by atoms with E-state index in [-0.39, 0.29) is 11.6 Å². The summed E-state index contributed by atoms with van der Waals surface area (Å²) in [6.45, 7) is 1.83. The van der Waals surface area contributed by atoms with Gasteiger partial charge < -0.3 is 11.1 Å². The van der Waals surface area contributed by atoms with Crippen LogP contribution in [0.5, 0.6) is 0 Å². The Kier molecular flexibility index (Phi) is 3.43. The summed E-state index contributed by atoms with van der Waals surface area (Å²) in [5, 5.41) is 3.11. The van der Waals surface area contributed by atoms with Crippen LogP contribution in [0.4, 0.5) is 11.4 Å². The molecule has 3 N–H and O–H groups in total. The number of nitrogens with two attached hydrogens (primary N) is 1. The van der Waals surface area contributed by atoms with E-state index in [2.05, 4.69) is 15.3 Å². The molecular weight excluding hydrogens is 252 g/mol. The van der Waals surface area contributed by atoms with Crippen molar-refractivity contribution in [2.75, 3.05) is 11.1 Å². The molecule has 6 heteroatoms. The minimum absolute atomic E-state index is 0.241. The summed E-state index contributed by atoms with van der Waals surface area (Å²) in [5.74, 6) is -0.341. The van der Waals surface area contributed by atoms with Gasteiger partial charge in [0.1, 0.15) is 5.69 Å². The number of carbonyl (C=O) groups excluding carboxylic acids is 1. The monoisotopic (exact) mass is 262 g/mol. The summed E-state index contributed by atoms with van der Waals surface area (Å²) in [6, 6.07) is 3.31. The number of benzene rings is 1. The van der Waals surface area contributed by atoms with Crippen molar-refractivity contribution in [2.24, 2.45) is 0 Å². The van der Waals surface area contributed by atoms with Gasteiger partial charge in [-0.1, -0.05) is 11.6 Å². The van der Waals surface area contributed by atoms with E-state index in [0.717, 1.165) is 5.56 Å². The quantitative estimate of drug-likeness (QED) is 0.814. The van der Waals surface area contributed by atoms with Gasteiger partial charge in [0.25, 0.3) is 5.91 Å². The van der Waals surface area contributed by atoms with Crippen LogP contribution in [0.3, 0.4) is 0 Å². The van der Waals surface area contributed by atoms with Crippen LogP contribution in [-0.2, 0) is 0 Å². The SMILES string of the molecule is Cc1cc(N)c(Cl)cc1NC(=O)c1cnccn1. The topological polar surface area (TPSA) is 80.9 Å². The number of aryl methyl sites for hydroxylation is 1. The van der Waals surface area contributed by atoms with Crippen molar-refractivity contribution in [1.29, 1.82) is 0 Å². The summed E-state index contributed by atoms with van der Waals surface area (Å²) in [5.41, 5.74) is 7.81. The average molecular weight is 263 g/mol. The van der Waals surface area contributed by atoms with E-state index >= 15 is 0 Å². The lowest BCUT2D eigenvalue weighted by Crippen LogP contribution is -2.14. The van der Waals surface area contributed by atoms with E-state index in [9.17, 15) is 4.79 Å². The number of rotatable bonds is 2. The lowest BCUT2D eigenvalue weighted by Gasteiger charge is -2.09. The maximum atomic E-state index is 11.9. The third-order valence-corrected chi connectivity index (χ3v) is 2.72. The average Bonchev–Trinajstić information content (AvgIpc) is 2.37. The molecule has 1 heterocycles. The zero-order chi connectivity index (χ0) is 13.1. The molecule has 0 spiro atoms. The third-order valence-electron chi connectivity index (χ3n) is 2.39. The van der Waals surface area contributed by atoms with Crippen molar-refractivity contribution < 1.29 is 4.79 Å². The van der Waals surface area contributed by atoms with E-state index in [0.29, 0.717) is 16.4 Å². The van der Waals surface area contributed by atoms with Gasteiger partial charge in [0.15, 0.2) is 0 Å². The lowest BCUT2D eigenvalue weighted by atomic mass is 10.1. The number of halogens is 1. The molecule has 1 aromatic heterocycles. The molecule has 2 aromatic rings. The van der Waals surface area contributed by atoms with E-state index in [1.807, 2.05) is 6.92 Å². The Morgan fingerprint density at radius 1 is 1.39 bits per heavy atom. The number of hydrogen-bond donors (Lipinski definition) is 2. The molecule has 0 saturated carbocycles. The van der Waals surface area contributed by atoms with Gasteiger partial charge in [-0.2, -0.15) is 0 Å². The van der Waals surface area contributed by atoms with E-state index in [1.54, 1.807) is 12.1 Å². The first kappa shape index (κ1) is 12.3. The van der Waals surface area contributed by atoms with Crippen molar-refractivity contribution in [1.82, 2.24) is 9.97 Å². The van der Waals surface area contributed by atoms with Crippen LogP contribution in [0.15, 0.2) is 30.7 Å². The second-order valence-electron chi connectivity index (χ2n) is 3.73. The molecule has 0 aliphatic heterocycles. The number of nitrogens with one attached hydrogen (secondary N) is 1. The molecule has 1 amide bonds. The number of anilines is 2. The normalized spacial score (nSPS) is 10.1. The number of amides is 1. The first-order chi connectivity index (χ1) is 8.58. The fourth-order valence-corrected chi connectivity index (χ4v) is 1.60. The minimum atomic E-state index is -0.341. The van der Waals surface area contributed by atoms with Gasteiger partial charge in [-0.3, -0.25) is 9.78 Å². The van der Waals surface area contributed by atoms with Crippen LogP contribution < -0.4 is 11.1 Å². The van der Waals surface area contributed by atoms with Crippen LogP contribution in [0, 0.1) is 6.92 Å². The first-order valence-electron chi connectivity index (χ1n) is 5.21. The zero-order valence-corrected chi connectivity index (χ0v) is 10.4. The molecule has 18 heavy (non-hydrogen) atoms. The van der Waals surface area contributed by atoms with Crippen LogP contribution in [-0.4, -0.2) is 15.9 Å². The molecule has 0 aliphatic carbocycles. The van der Waals surface area contributed by atoms with Gasteiger partial charge >= 0.3 is 0 Å². The number of hydrogen-bond acceptors (Lipinski definition) is 4. The maximum absolute atomic E-state index is 11.9. The molecular formula is C12H11ClN4O. The van der Waals surface area contributed by atoms with Gasteiger partial charge in [-0.05, 0) is 24.6 Å². The van der Waals surface area contributed by atoms with E-state index in [1.165, 1.54) is 18.6 Å². The molecule has 2 rings (SSSR count). The van der Waals surface area contributed by atoms with E-state index < -0.39 is 0 Å². The smallest absolute Gasteiger partial charge is 0.275 e. The Morgan fingerprint density at radius 2 is 2.17 bits per heavy atom. The van der Waals surface area contributed by atoms with E-state index in [4.69, 9.17) is 17.3 Å². The predicted octanol–water partition coefficient (Wildman–Crippen LogP) is 2.27. The van der Waals surface area contributed by atoms with Gasteiger partial charge in [0, 0.05) is 18.1 Å². The number of nitrogen functional groups attached to an aromatic ring is 1. The van der Waals surface area contributed by atoms with Crippen LogP contribution >= 0.6 is 11.6 Å². The highest BCUT2D eigenvalue weighted by molar-refractivity contribution is 6.33. The lowest BCUT2D eigenvalue weighted by molar-refractivity contribution is 0.102. The number of aromatic nitrogens is 2. The molecule has 92 valence electrons. The van der Waals surface area contributed by atoms with Crippen molar-refractivity contribution in [3.63, 3.8) is 0 Å². The van der Waals surface area contributed by atoms with Crippen LogP contribution in [0.1, 0.15) is 16.1 Å². The molecule has 0 radical (unpaired) electrons. The van der Waals surface area contributed by atoms with Crippen LogP contribution in [0.2, 0.25) is 5.02 Å². The molecule has 0 unspecified atom stereocenters. The molecule has 0 fully saturated rings. The highest BCUT2D eigenvalue weighted by atomic mass is 35.5. The van der Waals surface area contributed by atoms with Gasteiger partial charge in [0.05, 0.1) is 16.9 Å². The summed E-state index contributed by atoms with van der Waals surface area (Å²) in [6.07, 6.45) is 4.35. The minimum Gasteiger partial charge on any atom is -0.398 e. The fraction of sp³-hybridized carbons (Fsp3) is 0.0833. The largest absolute Gasteiger partial charge is 0.398 e. The van der Waals surface area contributed by atoms with Gasteiger partial charge in [-0.15, -0.1) is 0 Å². The van der Waals surface area contributed by atoms with Crippen molar-refractivity contribution in [3.8, 4) is 0 Å². The highest BCUT2D eigenvalue weighted by Gasteiger charge is 2.10. The summed E-state index contributed by atoms with van der Waals surface area (Å²) in [7, 11) is 0. The number of carbonyl (C=O) groups is 1. The fourth-order valence-electron chi connectivity index (χ4n) is 1.44. The third kappa shape index (κ3) is 2.57. The Balaban J connectivity index is 2.25. The van der Waals surface area contributed by atoms with Crippen molar-refractivity contribution in [2.45, 2.75) is 6.92 Å².